The third-order valence-electron chi connectivity index (χ3n) is 4.13. The van der Waals surface area contributed by atoms with Crippen LogP contribution in [0.15, 0.2) is 65.7 Å². The fourth-order valence-corrected chi connectivity index (χ4v) is 3.61. The number of hydrogen-bond donors (Lipinski definition) is 1. The number of aromatic nitrogens is 3. The fourth-order valence-electron chi connectivity index (χ4n) is 2.77. The van der Waals surface area contributed by atoms with Gasteiger partial charge in [-0.05, 0) is 42.5 Å². The number of fused-ring (bicyclic) bond motifs is 1. The van der Waals surface area contributed by atoms with Crippen LogP contribution in [0.5, 0.6) is 0 Å². The number of nitrogens with one attached hydrogen (secondary N) is 1. The maximum atomic E-state index is 13.3. The summed E-state index contributed by atoms with van der Waals surface area (Å²) < 4.78 is 38.7. The number of sulfone groups is 1. The van der Waals surface area contributed by atoms with Gasteiger partial charge in [-0.2, -0.15) is 0 Å². The maximum absolute atomic E-state index is 13.3. The third-order valence-corrected chi connectivity index (χ3v) is 5.53. The standard InChI is InChI=1S/C19H14ClFN4O2S/c1-28(26,27)15-4-2-3-12(9-15)18-8-6-14-11-22-19(24-25(14)18)23-13-5-7-17(21)16(20)10-13/h2-11H,1H3,(H,23,24). The van der Waals surface area contributed by atoms with Crippen molar-refractivity contribution in [1.29, 1.82) is 0 Å². The highest BCUT2D eigenvalue weighted by Crippen LogP contribution is 2.26. The molecule has 0 atom stereocenters. The van der Waals surface area contributed by atoms with E-state index in [4.69, 9.17) is 11.6 Å². The lowest BCUT2D eigenvalue weighted by Gasteiger charge is -2.08. The summed E-state index contributed by atoms with van der Waals surface area (Å²) in [5, 5.41) is 7.43. The van der Waals surface area contributed by atoms with Crippen molar-refractivity contribution in [3.05, 3.63) is 71.6 Å². The third kappa shape index (κ3) is 3.56. The SMILES string of the molecule is CS(=O)(=O)c1cccc(-c2ccc3cnc(Nc4ccc(F)c(Cl)c4)nn23)c1. The van der Waals surface area contributed by atoms with Gasteiger partial charge in [0.1, 0.15) is 5.82 Å². The van der Waals surface area contributed by atoms with Crippen LogP contribution >= 0.6 is 11.6 Å². The van der Waals surface area contributed by atoms with E-state index in [1.165, 1.54) is 24.5 Å². The molecule has 4 rings (SSSR count). The van der Waals surface area contributed by atoms with Gasteiger partial charge < -0.3 is 5.32 Å². The monoisotopic (exact) mass is 416 g/mol. The molecule has 1 N–H and O–H groups in total. The van der Waals surface area contributed by atoms with Crippen molar-refractivity contribution < 1.29 is 12.8 Å². The molecule has 142 valence electrons. The van der Waals surface area contributed by atoms with E-state index in [2.05, 4.69) is 15.4 Å². The van der Waals surface area contributed by atoms with Crippen molar-refractivity contribution in [2.45, 2.75) is 4.90 Å². The highest BCUT2D eigenvalue weighted by atomic mass is 35.5. The molecule has 0 bridgehead atoms. The summed E-state index contributed by atoms with van der Waals surface area (Å²) in [6.07, 6.45) is 2.80. The Labute approximate surface area is 165 Å². The summed E-state index contributed by atoms with van der Waals surface area (Å²) >= 11 is 5.80. The molecule has 6 nitrogen and oxygen atoms in total. The molecule has 0 aliphatic carbocycles. The van der Waals surface area contributed by atoms with Crippen molar-refractivity contribution in [3.63, 3.8) is 0 Å². The van der Waals surface area contributed by atoms with Crippen molar-refractivity contribution >= 4 is 38.6 Å². The summed E-state index contributed by atoms with van der Waals surface area (Å²) in [6, 6.07) is 14.5. The van der Waals surface area contributed by atoms with E-state index >= 15 is 0 Å². The van der Waals surface area contributed by atoms with Crippen molar-refractivity contribution in [2.24, 2.45) is 0 Å². The van der Waals surface area contributed by atoms with E-state index < -0.39 is 15.7 Å². The van der Waals surface area contributed by atoms with Gasteiger partial charge in [0.25, 0.3) is 0 Å². The summed E-state index contributed by atoms with van der Waals surface area (Å²) in [4.78, 5) is 4.47. The van der Waals surface area contributed by atoms with E-state index in [0.717, 1.165) is 5.52 Å². The normalized spacial score (nSPS) is 11.7. The minimum absolute atomic E-state index is 0.00896. The lowest BCUT2D eigenvalue weighted by Crippen LogP contribution is -2.03. The minimum Gasteiger partial charge on any atom is -0.323 e. The topological polar surface area (TPSA) is 76.4 Å². The Bertz CT molecular complexity index is 1300. The molecular formula is C19H14ClFN4O2S. The van der Waals surface area contributed by atoms with Crippen molar-refractivity contribution in [1.82, 2.24) is 14.6 Å². The van der Waals surface area contributed by atoms with Gasteiger partial charge in [0.15, 0.2) is 9.84 Å². The van der Waals surface area contributed by atoms with E-state index in [0.29, 0.717) is 16.9 Å². The first-order valence-corrected chi connectivity index (χ1v) is 10.5. The van der Waals surface area contributed by atoms with E-state index in [-0.39, 0.29) is 15.9 Å². The molecule has 0 aliphatic heterocycles. The second kappa shape index (κ2) is 6.88. The second-order valence-corrected chi connectivity index (χ2v) is 8.61. The first-order valence-electron chi connectivity index (χ1n) is 8.19. The molecule has 0 unspecified atom stereocenters. The van der Waals surface area contributed by atoms with Crippen LogP contribution < -0.4 is 5.32 Å². The van der Waals surface area contributed by atoms with Gasteiger partial charge in [-0.3, -0.25) is 0 Å². The maximum Gasteiger partial charge on any atom is 0.245 e. The predicted molar refractivity (Wildman–Crippen MR) is 106 cm³/mol. The number of rotatable bonds is 4. The Morgan fingerprint density at radius 1 is 1.11 bits per heavy atom. The Hall–Kier alpha value is -2.97. The minimum atomic E-state index is -3.32. The molecule has 0 amide bonds. The number of anilines is 2. The van der Waals surface area contributed by atoms with E-state index in [1.807, 2.05) is 18.2 Å². The highest BCUT2D eigenvalue weighted by molar-refractivity contribution is 7.90. The van der Waals surface area contributed by atoms with Gasteiger partial charge in [0, 0.05) is 17.5 Å². The zero-order chi connectivity index (χ0) is 19.9. The Kier molecular flexibility index (Phi) is 4.52. The van der Waals surface area contributed by atoms with Gasteiger partial charge in [0.05, 0.1) is 27.3 Å². The van der Waals surface area contributed by atoms with Crippen LogP contribution in [-0.4, -0.2) is 29.3 Å². The average Bonchev–Trinajstić information content (AvgIpc) is 3.07. The number of halogens is 2. The number of nitrogens with zero attached hydrogens (tertiary/aromatic N) is 3. The lowest BCUT2D eigenvalue weighted by atomic mass is 10.2. The van der Waals surface area contributed by atoms with E-state index in [1.54, 1.807) is 28.9 Å². The highest BCUT2D eigenvalue weighted by Gasteiger charge is 2.12. The molecule has 2 heterocycles. The summed E-state index contributed by atoms with van der Waals surface area (Å²) in [5.74, 6) is -0.228. The Morgan fingerprint density at radius 2 is 1.93 bits per heavy atom. The van der Waals surface area contributed by atoms with Crippen LogP contribution in [0.2, 0.25) is 5.02 Å². The molecule has 0 saturated heterocycles. The molecule has 4 aromatic rings. The molecular weight excluding hydrogens is 403 g/mol. The zero-order valence-electron chi connectivity index (χ0n) is 14.6. The number of benzene rings is 2. The van der Waals surface area contributed by atoms with Crippen molar-refractivity contribution in [3.8, 4) is 11.3 Å². The van der Waals surface area contributed by atoms with Crippen LogP contribution in [0, 0.1) is 5.82 Å². The van der Waals surface area contributed by atoms with Crippen LogP contribution in [0.4, 0.5) is 16.0 Å². The quantitative estimate of drug-likeness (QED) is 0.535. The van der Waals surface area contributed by atoms with Crippen LogP contribution in [0.3, 0.4) is 0 Å². The van der Waals surface area contributed by atoms with Crippen LogP contribution in [-0.2, 0) is 9.84 Å². The summed E-state index contributed by atoms with van der Waals surface area (Å²) in [5.41, 5.74) is 2.70. The molecule has 0 radical (unpaired) electrons. The van der Waals surface area contributed by atoms with Crippen LogP contribution in [0.1, 0.15) is 0 Å². The predicted octanol–water partition coefficient (Wildman–Crippen LogP) is 4.34. The fraction of sp³-hybridized carbons (Fsp3) is 0.0526. The molecule has 0 aliphatic rings. The van der Waals surface area contributed by atoms with Gasteiger partial charge in [0.2, 0.25) is 5.95 Å². The molecule has 28 heavy (non-hydrogen) atoms. The van der Waals surface area contributed by atoms with Crippen molar-refractivity contribution in [2.75, 3.05) is 11.6 Å². The molecule has 2 aromatic heterocycles. The summed E-state index contributed by atoms with van der Waals surface area (Å²) in [6.45, 7) is 0. The zero-order valence-corrected chi connectivity index (χ0v) is 16.2. The Balaban J connectivity index is 1.75. The van der Waals surface area contributed by atoms with Gasteiger partial charge in [-0.25, -0.2) is 22.3 Å². The second-order valence-electron chi connectivity index (χ2n) is 6.19. The number of hydrogen-bond acceptors (Lipinski definition) is 5. The summed E-state index contributed by atoms with van der Waals surface area (Å²) in [7, 11) is -3.32. The first kappa shape index (κ1) is 18.4. The largest absolute Gasteiger partial charge is 0.323 e. The molecule has 2 aromatic carbocycles. The lowest BCUT2D eigenvalue weighted by molar-refractivity contribution is 0.602. The first-order chi connectivity index (χ1) is 13.3. The van der Waals surface area contributed by atoms with Gasteiger partial charge in [-0.1, -0.05) is 23.7 Å². The molecule has 9 heteroatoms. The molecule has 0 spiro atoms. The molecule has 0 fully saturated rings. The van der Waals surface area contributed by atoms with E-state index in [9.17, 15) is 12.8 Å². The smallest absolute Gasteiger partial charge is 0.245 e. The Morgan fingerprint density at radius 3 is 2.68 bits per heavy atom. The van der Waals surface area contributed by atoms with Gasteiger partial charge >= 0.3 is 0 Å². The molecule has 0 saturated carbocycles. The van der Waals surface area contributed by atoms with Gasteiger partial charge in [-0.15, -0.1) is 5.10 Å². The average molecular weight is 417 g/mol. The van der Waals surface area contributed by atoms with Crippen LogP contribution in [0.25, 0.3) is 16.8 Å².